The van der Waals surface area contributed by atoms with Gasteiger partial charge in [-0.25, -0.2) is 4.98 Å². The van der Waals surface area contributed by atoms with Gasteiger partial charge < -0.3 is 10.6 Å². The Bertz CT molecular complexity index is 786. The highest BCUT2D eigenvalue weighted by atomic mass is 79.9. The third kappa shape index (κ3) is 4.19. The Hall–Kier alpha value is -1.77. The van der Waals surface area contributed by atoms with E-state index in [0.29, 0.717) is 17.4 Å². The van der Waals surface area contributed by atoms with Gasteiger partial charge in [0.05, 0.1) is 17.2 Å². The predicted molar refractivity (Wildman–Crippen MR) is 96.0 cm³/mol. The number of benzene rings is 1. The van der Waals surface area contributed by atoms with Crippen LogP contribution < -0.4 is 16.2 Å². The molecule has 0 saturated carbocycles. The molecule has 0 atom stereocenters. The maximum atomic E-state index is 12.4. The molecule has 1 amide bonds. The molecule has 1 aliphatic heterocycles. The number of amides is 1. The quantitative estimate of drug-likeness (QED) is 0.757. The van der Waals surface area contributed by atoms with E-state index in [2.05, 4.69) is 36.4 Å². The summed E-state index contributed by atoms with van der Waals surface area (Å²) in [7, 11) is 0. The smallest absolute Gasteiger partial charge is 0.261 e. The van der Waals surface area contributed by atoms with Crippen molar-refractivity contribution in [3.8, 4) is 0 Å². The Balaban J connectivity index is 1.58. The molecule has 1 aliphatic rings. The number of fused-ring (bicyclic) bond motifs is 1. The number of nitrogens with one attached hydrogen (secondary N) is 2. The van der Waals surface area contributed by atoms with E-state index in [1.54, 1.807) is 12.1 Å². The van der Waals surface area contributed by atoms with Crippen LogP contribution in [0.25, 0.3) is 10.9 Å². The number of halogens is 1. The first-order chi connectivity index (χ1) is 11.6. The largest absolute Gasteiger partial charge is 0.353 e. The van der Waals surface area contributed by atoms with Crippen molar-refractivity contribution in [2.45, 2.75) is 6.54 Å². The summed E-state index contributed by atoms with van der Waals surface area (Å²) in [6, 6.07) is 5.34. The highest BCUT2D eigenvalue weighted by molar-refractivity contribution is 9.10. The number of rotatable bonds is 5. The zero-order valence-electron chi connectivity index (χ0n) is 13.3. The van der Waals surface area contributed by atoms with Gasteiger partial charge in [-0.15, -0.1) is 0 Å². The van der Waals surface area contributed by atoms with Crippen LogP contribution in [-0.2, 0) is 11.3 Å². The van der Waals surface area contributed by atoms with E-state index in [0.717, 1.165) is 37.2 Å². The van der Waals surface area contributed by atoms with E-state index < -0.39 is 0 Å². The highest BCUT2D eigenvalue weighted by Gasteiger charge is 2.11. The highest BCUT2D eigenvalue weighted by Crippen LogP contribution is 2.14. The number of piperazine rings is 1. The molecule has 128 valence electrons. The Morgan fingerprint density at radius 1 is 1.33 bits per heavy atom. The summed E-state index contributed by atoms with van der Waals surface area (Å²) in [6.45, 7) is 5.36. The van der Waals surface area contributed by atoms with Crippen LogP contribution in [-0.4, -0.2) is 59.6 Å². The minimum atomic E-state index is -0.210. The number of hydrogen-bond donors (Lipinski definition) is 2. The second-order valence-electron chi connectivity index (χ2n) is 5.78. The molecule has 1 aromatic carbocycles. The first kappa shape index (κ1) is 17.1. The van der Waals surface area contributed by atoms with Crippen molar-refractivity contribution in [1.29, 1.82) is 0 Å². The van der Waals surface area contributed by atoms with Crippen LogP contribution in [0.5, 0.6) is 0 Å². The average Bonchev–Trinajstić information content (AvgIpc) is 2.59. The van der Waals surface area contributed by atoms with Gasteiger partial charge in [-0.1, -0.05) is 15.9 Å². The van der Waals surface area contributed by atoms with Gasteiger partial charge in [0.25, 0.3) is 5.56 Å². The molecule has 7 nitrogen and oxygen atoms in total. The van der Waals surface area contributed by atoms with Gasteiger partial charge in [-0.2, -0.15) is 0 Å². The summed E-state index contributed by atoms with van der Waals surface area (Å²) >= 11 is 3.35. The molecule has 2 N–H and O–H groups in total. The fourth-order valence-corrected chi connectivity index (χ4v) is 3.10. The fraction of sp³-hybridized carbons (Fsp3) is 0.438. The molecule has 2 aromatic rings. The van der Waals surface area contributed by atoms with E-state index >= 15 is 0 Å². The lowest BCUT2D eigenvalue weighted by atomic mass is 10.2. The molecule has 1 aromatic heterocycles. The summed E-state index contributed by atoms with van der Waals surface area (Å²) in [4.78, 5) is 31.1. The van der Waals surface area contributed by atoms with Crippen LogP contribution >= 0.6 is 15.9 Å². The van der Waals surface area contributed by atoms with Crippen molar-refractivity contribution < 1.29 is 4.79 Å². The zero-order chi connectivity index (χ0) is 16.9. The van der Waals surface area contributed by atoms with Crippen LogP contribution in [0.3, 0.4) is 0 Å². The molecule has 0 radical (unpaired) electrons. The molecule has 0 bridgehead atoms. The summed E-state index contributed by atoms with van der Waals surface area (Å²) in [5, 5.41) is 6.66. The molecule has 1 saturated heterocycles. The second kappa shape index (κ2) is 7.87. The number of aromatic nitrogens is 2. The number of carbonyl (C=O) groups is 1. The topological polar surface area (TPSA) is 79.3 Å². The van der Waals surface area contributed by atoms with Crippen LogP contribution in [0.2, 0.25) is 0 Å². The summed E-state index contributed by atoms with van der Waals surface area (Å²) in [5.74, 6) is -0.177. The predicted octanol–water partition coefficient (Wildman–Crippen LogP) is 0.180. The third-order valence-electron chi connectivity index (χ3n) is 4.06. The molecule has 0 spiro atoms. The van der Waals surface area contributed by atoms with Gasteiger partial charge in [0.15, 0.2) is 0 Å². The Kier molecular flexibility index (Phi) is 5.60. The minimum absolute atomic E-state index is 0.0180. The Morgan fingerprint density at radius 3 is 2.92 bits per heavy atom. The van der Waals surface area contributed by atoms with Crippen molar-refractivity contribution in [2.75, 3.05) is 39.3 Å². The molecule has 1 fully saturated rings. The molecule has 2 heterocycles. The summed E-state index contributed by atoms with van der Waals surface area (Å²) in [6.07, 6.45) is 1.43. The maximum Gasteiger partial charge on any atom is 0.261 e. The van der Waals surface area contributed by atoms with Crippen molar-refractivity contribution in [3.63, 3.8) is 0 Å². The average molecular weight is 394 g/mol. The summed E-state index contributed by atoms with van der Waals surface area (Å²) < 4.78 is 2.15. The van der Waals surface area contributed by atoms with Gasteiger partial charge in [-0.3, -0.25) is 19.1 Å². The van der Waals surface area contributed by atoms with Crippen molar-refractivity contribution in [3.05, 3.63) is 39.4 Å². The number of hydrogen-bond acceptors (Lipinski definition) is 5. The second-order valence-corrected chi connectivity index (χ2v) is 6.70. The van der Waals surface area contributed by atoms with Gasteiger partial charge >= 0.3 is 0 Å². The third-order valence-corrected chi connectivity index (χ3v) is 4.55. The normalized spacial score (nSPS) is 15.5. The van der Waals surface area contributed by atoms with Gasteiger partial charge in [0.2, 0.25) is 5.91 Å². The van der Waals surface area contributed by atoms with Crippen molar-refractivity contribution in [1.82, 2.24) is 25.1 Å². The lowest BCUT2D eigenvalue weighted by Gasteiger charge is -2.27. The van der Waals surface area contributed by atoms with Crippen LogP contribution in [0, 0.1) is 0 Å². The van der Waals surface area contributed by atoms with Crippen LogP contribution in [0.1, 0.15) is 0 Å². The number of carbonyl (C=O) groups excluding carboxylic acids is 1. The van der Waals surface area contributed by atoms with Crippen LogP contribution in [0.15, 0.2) is 33.8 Å². The minimum Gasteiger partial charge on any atom is -0.353 e. The van der Waals surface area contributed by atoms with E-state index in [1.807, 2.05) is 6.07 Å². The first-order valence-electron chi connectivity index (χ1n) is 7.98. The Labute approximate surface area is 148 Å². The lowest BCUT2D eigenvalue weighted by molar-refractivity contribution is -0.121. The maximum absolute atomic E-state index is 12.4. The molecule has 24 heavy (non-hydrogen) atoms. The van der Waals surface area contributed by atoms with Gasteiger partial charge in [0, 0.05) is 43.7 Å². The first-order valence-corrected chi connectivity index (χ1v) is 8.77. The van der Waals surface area contributed by atoms with E-state index in [9.17, 15) is 9.59 Å². The molecular weight excluding hydrogens is 374 g/mol. The fourth-order valence-electron chi connectivity index (χ4n) is 2.74. The van der Waals surface area contributed by atoms with Crippen molar-refractivity contribution >= 4 is 32.7 Å². The van der Waals surface area contributed by atoms with Gasteiger partial charge in [-0.05, 0) is 18.2 Å². The van der Waals surface area contributed by atoms with E-state index in [4.69, 9.17) is 0 Å². The molecule has 8 heteroatoms. The van der Waals surface area contributed by atoms with Crippen LogP contribution in [0.4, 0.5) is 0 Å². The number of nitrogens with zero attached hydrogens (tertiary/aromatic N) is 3. The molecular formula is C16H20BrN5O2. The summed E-state index contributed by atoms with van der Waals surface area (Å²) in [5.41, 5.74) is 0.414. The van der Waals surface area contributed by atoms with E-state index in [1.165, 1.54) is 10.9 Å². The molecule has 0 unspecified atom stereocenters. The standard InChI is InChI=1S/C16H20BrN5O2/c17-12-1-2-14-13(9-12)16(24)22(11-20-14)10-15(23)19-5-8-21-6-3-18-4-7-21/h1-2,9,11,18H,3-8,10H2,(H,19,23). The zero-order valence-corrected chi connectivity index (χ0v) is 14.9. The van der Waals surface area contributed by atoms with Crippen molar-refractivity contribution in [2.24, 2.45) is 0 Å². The van der Waals surface area contributed by atoms with Gasteiger partial charge in [0.1, 0.15) is 6.54 Å². The Morgan fingerprint density at radius 2 is 2.12 bits per heavy atom. The lowest BCUT2D eigenvalue weighted by Crippen LogP contribution is -2.46. The SMILES string of the molecule is O=C(Cn1cnc2ccc(Br)cc2c1=O)NCCN1CCNCC1. The monoisotopic (exact) mass is 393 g/mol. The van der Waals surface area contributed by atoms with E-state index in [-0.39, 0.29) is 18.0 Å². The molecule has 0 aliphatic carbocycles. The molecule has 3 rings (SSSR count).